The van der Waals surface area contributed by atoms with Crippen molar-refractivity contribution in [3.8, 4) is 22.4 Å². The first kappa shape index (κ1) is 20.1. The predicted octanol–water partition coefficient (Wildman–Crippen LogP) is 4.51. The number of aryl methyl sites for hydroxylation is 1. The summed E-state index contributed by atoms with van der Waals surface area (Å²) < 4.78 is 77.3. The molecule has 28 heavy (non-hydrogen) atoms. The quantitative estimate of drug-likeness (QED) is 0.496. The lowest BCUT2D eigenvalue weighted by molar-refractivity contribution is -0.143. The largest absolute Gasteiger partial charge is 0.433 e. The van der Waals surface area contributed by atoms with Gasteiger partial charge in [-0.15, -0.1) is 0 Å². The summed E-state index contributed by atoms with van der Waals surface area (Å²) in [6.45, 7) is 1.55. The number of thiol groups is 1. The summed E-state index contributed by atoms with van der Waals surface area (Å²) in [7, 11) is -2.61. The number of nitrogens with zero attached hydrogens (tertiary/aromatic N) is 2. The van der Waals surface area contributed by atoms with E-state index < -0.39 is 28.4 Å². The van der Waals surface area contributed by atoms with Gasteiger partial charge < -0.3 is 0 Å². The summed E-state index contributed by atoms with van der Waals surface area (Å²) in [6, 6.07) is 10.9. The van der Waals surface area contributed by atoms with Gasteiger partial charge >= 0.3 is 6.18 Å². The molecule has 1 aromatic heterocycles. The van der Waals surface area contributed by atoms with E-state index >= 15 is 0 Å². The van der Waals surface area contributed by atoms with Crippen molar-refractivity contribution in [1.29, 1.82) is 0 Å². The number of rotatable bonds is 5. The van der Waals surface area contributed by atoms with Gasteiger partial charge in [0, 0.05) is 17.7 Å². The monoisotopic (exact) mass is 412 g/mol. The summed E-state index contributed by atoms with van der Waals surface area (Å²) in [5.41, 5.74) is 0.158. The Bertz CT molecular complexity index is 1050. The van der Waals surface area contributed by atoms with Gasteiger partial charge in [-0.05, 0) is 30.2 Å². The van der Waals surface area contributed by atoms with E-state index in [1.807, 2.05) is 0 Å². The van der Waals surface area contributed by atoms with Gasteiger partial charge in [0.15, 0.2) is 5.69 Å². The zero-order chi connectivity index (χ0) is 20.5. The molecule has 0 aliphatic heterocycles. The topological polar surface area (TPSA) is 52.0 Å². The van der Waals surface area contributed by atoms with E-state index in [2.05, 4.69) is 5.10 Å². The molecule has 0 aliphatic carbocycles. The van der Waals surface area contributed by atoms with Crippen LogP contribution in [0.25, 0.3) is 22.4 Å². The lowest BCUT2D eigenvalue weighted by Crippen LogP contribution is -2.14. The highest BCUT2D eigenvalue weighted by Crippen LogP contribution is 2.42. The van der Waals surface area contributed by atoms with Crippen molar-refractivity contribution in [1.82, 2.24) is 9.78 Å². The lowest BCUT2D eigenvalue weighted by Gasteiger charge is -2.12. The predicted molar refractivity (Wildman–Crippen MR) is 97.8 cm³/mol. The molecule has 0 radical (unpaired) electrons. The Morgan fingerprint density at radius 3 is 2.04 bits per heavy atom. The van der Waals surface area contributed by atoms with Gasteiger partial charge in [0.2, 0.25) is 0 Å². The first-order chi connectivity index (χ1) is 13.2. The van der Waals surface area contributed by atoms with Crippen molar-refractivity contribution >= 4 is 10.7 Å². The molecule has 0 unspecified atom stereocenters. The van der Waals surface area contributed by atoms with Gasteiger partial charge in [-0.2, -0.15) is 18.3 Å². The molecule has 9 heteroatoms. The first-order valence-electron chi connectivity index (χ1n) is 8.35. The molecule has 3 aromatic rings. The van der Waals surface area contributed by atoms with Crippen molar-refractivity contribution in [2.75, 3.05) is 0 Å². The van der Waals surface area contributed by atoms with Gasteiger partial charge in [-0.25, -0.2) is 12.8 Å². The average molecular weight is 412 g/mol. The number of alkyl halides is 3. The summed E-state index contributed by atoms with van der Waals surface area (Å²) in [4.78, 5) is 0. The third-order valence-electron chi connectivity index (χ3n) is 4.19. The molecule has 1 heterocycles. The molecular formula is C19H16F4N2O2S. The number of aromatic nitrogens is 2. The van der Waals surface area contributed by atoms with Crippen molar-refractivity contribution in [2.45, 2.75) is 25.4 Å². The molecular weight excluding hydrogens is 396 g/mol. The minimum absolute atomic E-state index is 0.00220. The van der Waals surface area contributed by atoms with Gasteiger partial charge in [0.1, 0.15) is 22.2 Å². The molecule has 0 spiro atoms. The average Bonchev–Trinajstić information content (AvgIpc) is 3.02. The SMILES string of the molecule is CCn1nc(-c2ccc(C[SH](=O)=O)cc2)c(-c2ccc(F)cc2)c1C(F)(F)F. The summed E-state index contributed by atoms with van der Waals surface area (Å²) in [5.74, 6) is -0.713. The van der Waals surface area contributed by atoms with Crippen LogP contribution in [0.1, 0.15) is 18.2 Å². The molecule has 0 saturated carbocycles. The highest BCUT2D eigenvalue weighted by atomic mass is 32.2. The minimum Gasteiger partial charge on any atom is -0.260 e. The van der Waals surface area contributed by atoms with Crippen LogP contribution < -0.4 is 0 Å². The molecule has 3 rings (SSSR count). The van der Waals surface area contributed by atoms with E-state index in [0.717, 1.165) is 16.8 Å². The maximum absolute atomic E-state index is 13.8. The minimum atomic E-state index is -4.66. The highest BCUT2D eigenvalue weighted by molar-refractivity contribution is 7.71. The number of hydrogen-bond acceptors (Lipinski definition) is 3. The van der Waals surface area contributed by atoms with E-state index in [0.29, 0.717) is 11.1 Å². The highest BCUT2D eigenvalue weighted by Gasteiger charge is 2.40. The molecule has 0 bridgehead atoms. The molecule has 2 aromatic carbocycles. The fourth-order valence-corrected chi connectivity index (χ4v) is 3.50. The van der Waals surface area contributed by atoms with Crippen LogP contribution >= 0.6 is 0 Å². The Kier molecular flexibility index (Phi) is 5.55. The van der Waals surface area contributed by atoms with Crippen LogP contribution in [0.3, 0.4) is 0 Å². The van der Waals surface area contributed by atoms with Crippen LogP contribution in [0.2, 0.25) is 0 Å². The molecule has 0 fully saturated rings. The molecule has 0 atom stereocenters. The van der Waals surface area contributed by atoms with Crippen molar-refractivity contribution in [2.24, 2.45) is 0 Å². The molecule has 4 nitrogen and oxygen atoms in total. The summed E-state index contributed by atoms with van der Waals surface area (Å²) in [6.07, 6.45) is -4.66. The molecule has 148 valence electrons. The standard InChI is InChI=1S/C19H16F4N2O2S/c1-2-25-18(19(21,22)23)16(13-7-9-15(20)10-8-13)17(24-25)14-5-3-12(4-6-14)11-28(26)27/h3-10,28H,2,11H2,1H3. The Morgan fingerprint density at radius 1 is 0.964 bits per heavy atom. The normalized spacial score (nSPS) is 11.9. The van der Waals surface area contributed by atoms with Crippen molar-refractivity contribution < 1.29 is 26.0 Å². The van der Waals surface area contributed by atoms with E-state index in [9.17, 15) is 26.0 Å². The van der Waals surface area contributed by atoms with E-state index in [1.54, 1.807) is 6.92 Å². The Labute approximate surface area is 160 Å². The smallest absolute Gasteiger partial charge is 0.260 e. The van der Waals surface area contributed by atoms with E-state index in [1.165, 1.54) is 36.4 Å². The number of halogens is 4. The molecule has 0 saturated heterocycles. The molecule has 0 amide bonds. The molecule has 0 aliphatic rings. The number of benzene rings is 2. The van der Waals surface area contributed by atoms with Gasteiger partial charge in [0.25, 0.3) is 0 Å². The second-order valence-electron chi connectivity index (χ2n) is 6.08. The lowest BCUT2D eigenvalue weighted by atomic mass is 9.98. The van der Waals surface area contributed by atoms with E-state index in [-0.39, 0.29) is 29.1 Å². The second-order valence-corrected chi connectivity index (χ2v) is 7.06. The fourth-order valence-electron chi connectivity index (χ4n) is 2.99. The van der Waals surface area contributed by atoms with Crippen LogP contribution in [-0.2, 0) is 29.2 Å². The van der Waals surface area contributed by atoms with Gasteiger partial charge in [-0.1, -0.05) is 36.4 Å². The van der Waals surface area contributed by atoms with E-state index in [4.69, 9.17) is 0 Å². The fraction of sp³-hybridized carbons (Fsp3) is 0.211. The zero-order valence-corrected chi connectivity index (χ0v) is 15.6. The van der Waals surface area contributed by atoms with Crippen LogP contribution in [0.15, 0.2) is 48.5 Å². The van der Waals surface area contributed by atoms with Gasteiger partial charge in [-0.3, -0.25) is 4.68 Å². The third kappa shape index (κ3) is 4.09. The maximum Gasteiger partial charge on any atom is 0.433 e. The maximum atomic E-state index is 13.8. The van der Waals surface area contributed by atoms with Crippen molar-refractivity contribution in [3.63, 3.8) is 0 Å². The summed E-state index contributed by atoms with van der Waals surface area (Å²) in [5, 5.41) is 4.14. The second kappa shape index (κ2) is 7.75. The zero-order valence-electron chi connectivity index (χ0n) is 14.7. The Morgan fingerprint density at radius 2 is 1.54 bits per heavy atom. The van der Waals surface area contributed by atoms with Crippen LogP contribution in [0, 0.1) is 5.82 Å². The van der Waals surface area contributed by atoms with Crippen molar-refractivity contribution in [3.05, 3.63) is 65.6 Å². The Hall–Kier alpha value is -2.68. The molecule has 0 N–H and O–H groups in total. The van der Waals surface area contributed by atoms with Crippen LogP contribution in [-0.4, -0.2) is 18.2 Å². The number of hydrogen-bond donors (Lipinski definition) is 1. The van der Waals surface area contributed by atoms with Gasteiger partial charge in [0.05, 0.1) is 5.75 Å². The summed E-state index contributed by atoms with van der Waals surface area (Å²) >= 11 is 0. The Balaban J connectivity index is 2.23. The van der Waals surface area contributed by atoms with Crippen LogP contribution in [0.5, 0.6) is 0 Å². The van der Waals surface area contributed by atoms with Crippen LogP contribution in [0.4, 0.5) is 17.6 Å². The third-order valence-corrected chi connectivity index (χ3v) is 4.82. The first-order valence-corrected chi connectivity index (χ1v) is 9.72.